The molecule has 0 aliphatic carbocycles. The zero-order chi connectivity index (χ0) is 16.3. The predicted molar refractivity (Wildman–Crippen MR) is 94.7 cm³/mol. The van der Waals surface area contributed by atoms with E-state index in [0.717, 1.165) is 56.8 Å². The van der Waals surface area contributed by atoms with E-state index in [9.17, 15) is 0 Å². The van der Waals surface area contributed by atoms with E-state index in [-0.39, 0.29) is 0 Å². The molecule has 1 aliphatic heterocycles. The highest BCUT2D eigenvalue weighted by Crippen LogP contribution is 2.18. The van der Waals surface area contributed by atoms with E-state index < -0.39 is 0 Å². The second-order valence-corrected chi connectivity index (χ2v) is 6.07. The molecule has 0 spiro atoms. The molecule has 0 radical (unpaired) electrons. The van der Waals surface area contributed by atoms with Gasteiger partial charge >= 0.3 is 0 Å². The number of aliphatic imine (C=N–C) groups is 1. The van der Waals surface area contributed by atoms with E-state index >= 15 is 0 Å². The Morgan fingerprint density at radius 2 is 2.22 bits per heavy atom. The highest BCUT2D eigenvalue weighted by atomic mass is 16.5. The first-order valence-corrected chi connectivity index (χ1v) is 8.76. The van der Waals surface area contributed by atoms with Crippen LogP contribution in [0.4, 0.5) is 0 Å². The molecule has 128 valence electrons. The molecule has 0 amide bonds. The van der Waals surface area contributed by atoms with Crippen LogP contribution in [0.2, 0.25) is 0 Å². The lowest BCUT2D eigenvalue weighted by Gasteiger charge is -2.26. The largest absolute Gasteiger partial charge is 0.381 e. The maximum absolute atomic E-state index is 5.43. The number of hydrogen-bond donors (Lipinski definition) is 1. The normalized spacial score (nSPS) is 16.3. The topological polar surface area (TPSA) is 49.8 Å². The summed E-state index contributed by atoms with van der Waals surface area (Å²) in [5, 5.41) is 3.39. The number of nitrogens with one attached hydrogen (secondary N) is 1. The molecule has 1 saturated heterocycles. The Hall–Kier alpha value is -1.62. The van der Waals surface area contributed by atoms with Crippen LogP contribution in [0.25, 0.3) is 0 Å². The van der Waals surface area contributed by atoms with Crippen LogP contribution in [-0.4, -0.2) is 55.7 Å². The molecular weight excluding hydrogens is 288 g/mol. The minimum atomic E-state index is 0.765. The van der Waals surface area contributed by atoms with Gasteiger partial charge in [0.2, 0.25) is 0 Å². The second-order valence-electron chi connectivity index (χ2n) is 6.07. The fourth-order valence-electron chi connectivity index (χ4n) is 2.81. The first kappa shape index (κ1) is 17.7. The van der Waals surface area contributed by atoms with Crippen molar-refractivity contribution in [3.8, 4) is 0 Å². The van der Waals surface area contributed by atoms with E-state index in [0.29, 0.717) is 0 Å². The number of rotatable bonds is 7. The molecule has 5 heteroatoms. The molecule has 1 fully saturated rings. The van der Waals surface area contributed by atoms with Crippen LogP contribution in [-0.2, 0) is 11.2 Å². The van der Waals surface area contributed by atoms with Crippen molar-refractivity contribution in [1.29, 1.82) is 0 Å². The first-order valence-electron chi connectivity index (χ1n) is 8.76. The predicted octanol–water partition coefficient (Wildman–Crippen LogP) is 2.34. The summed E-state index contributed by atoms with van der Waals surface area (Å²) in [6.07, 6.45) is 6.32. The van der Waals surface area contributed by atoms with Crippen molar-refractivity contribution < 1.29 is 4.74 Å². The summed E-state index contributed by atoms with van der Waals surface area (Å²) in [4.78, 5) is 11.3. The zero-order valence-corrected chi connectivity index (χ0v) is 14.5. The van der Waals surface area contributed by atoms with Crippen LogP contribution in [0.3, 0.4) is 0 Å². The van der Waals surface area contributed by atoms with Gasteiger partial charge in [0.05, 0.1) is 0 Å². The van der Waals surface area contributed by atoms with E-state index in [1.165, 1.54) is 19.3 Å². The maximum atomic E-state index is 5.43. The van der Waals surface area contributed by atoms with Gasteiger partial charge in [0, 0.05) is 58.2 Å². The summed E-state index contributed by atoms with van der Waals surface area (Å²) in [6, 6.07) is 6.02. The Balaban J connectivity index is 1.79. The van der Waals surface area contributed by atoms with Gasteiger partial charge in [0.25, 0.3) is 0 Å². The van der Waals surface area contributed by atoms with Gasteiger partial charge < -0.3 is 15.0 Å². The van der Waals surface area contributed by atoms with Crippen LogP contribution in [0.1, 0.15) is 31.9 Å². The van der Waals surface area contributed by atoms with Crippen molar-refractivity contribution in [2.24, 2.45) is 10.9 Å². The monoisotopic (exact) mass is 318 g/mol. The van der Waals surface area contributed by atoms with Crippen molar-refractivity contribution in [3.63, 3.8) is 0 Å². The van der Waals surface area contributed by atoms with Gasteiger partial charge in [0.1, 0.15) is 0 Å². The molecule has 0 bridgehead atoms. The standard InChI is InChI=1S/C18H30N4O/c1-3-19-18(21-12-7-17-6-4-5-11-20-17)22(2)13-8-16-9-14-23-15-10-16/h4-6,11,16H,3,7-10,12-15H2,1-2H3,(H,19,21). The van der Waals surface area contributed by atoms with Crippen LogP contribution in [0.15, 0.2) is 29.4 Å². The Labute approximate surface area is 140 Å². The highest BCUT2D eigenvalue weighted by molar-refractivity contribution is 5.79. The molecular formula is C18H30N4O. The second kappa shape index (κ2) is 10.2. The molecule has 0 aromatic carbocycles. The third-order valence-corrected chi connectivity index (χ3v) is 4.27. The van der Waals surface area contributed by atoms with E-state index in [1.807, 2.05) is 18.3 Å². The molecule has 1 N–H and O–H groups in total. The molecule has 5 nitrogen and oxygen atoms in total. The summed E-state index contributed by atoms with van der Waals surface area (Å²) in [7, 11) is 2.13. The minimum absolute atomic E-state index is 0.765. The lowest BCUT2D eigenvalue weighted by molar-refractivity contribution is 0.0625. The smallest absolute Gasteiger partial charge is 0.193 e. The third kappa shape index (κ3) is 6.57. The summed E-state index contributed by atoms with van der Waals surface area (Å²) in [6.45, 7) is 6.66. The van der Waals surface area contributed by atoms with Gasteiger partial charge in [-0.25, -0.2) is 0 Å². The van der Waals surface area contributed by atoms with Gasteiger partial charge in [-0.2, -0.15) is 0 Å². The number of pyridine rings is 1. The number of ether oxygens (including phenoxy) is 1. The summed E-state index contributed by atoms with van der Waals surface area (Å²) < 4.78 is 5.43. The highest BCUT2D eigenvalue weighted by Gasteiger charge is 2.15. The summed E-state index contributed by atoms with van der Waals surface area (Å²) in [5.74, 6) is 1.79. The summed E-state index contributed by atoms with van der Waals surface area (Å²) >= 11 is 0. The van der Waals surface area contributed by atoms with Crippen LogP contribution in [0.5, 0.6) is 0 Å². The number of hydrogen-bond acceptors (Lipinski definition) is 3. The van der Waals surface area contributed by atoms with Gasteiger partial charge in [-0.15, -0.1) is 0 Å². The van der Waals surface area contributed by atoms with Crippen LogP contribution >= 0.6 is 0 Å². The Morgan fingerprint density at radius 1 is 1.39 bits per heavy atom. The Bertz CT molecular complexity index is 457. The van der Waals surface area contributed by atoms with Crippen molar-refractivity contribution >= 4 is 5.96 Å². The maximum Gasteiger partial charge on any atom is 0.193 e. The number of guanidine groups is 1. The molecule has 1 aliphatic rings. The molecule has 0 unspecified atom stereocenters. The molecule has 1 aromatic heterocycles. The fourth-order valence-corrected chi connectivity index (χ4v) is 2.81. The van der Waals surface area contributed by atoms with E-state index in [4.69, 9.17) is 9.73 Å². The molecule has 2 heterocycles. The fraction of sp³-hybridized carbons (Fsp3) is 0.667. The lowest BCUT2D eigenvalue weighted by atomic mass is 9.96. The quantitative estimate of drug-likeness (QED) is 0.619. The summed E-state index contributed by atoms with van der Waals surface area (Å²) in [5.41, 5.74) is 1.09. The van der Waals surface area contributed by atoms with Gasteiger partial charge in [-0.3, -0.25) is 9.98 Å². The molecule has 23 heavy (non-hydrogen) atoms. The van der Waals surface area contributed by atoms with Crippen molar-refractivity contribution in [2.75, 3.05) is 39.9 Å². The molecule has 2 rings (SSSR count). The Morgan fingerprint density at radius 3 is 2.91 bits per heavy atom. The van der Waals surface area contributed by atoms with Crippen LogP contribution in [0, 0.1) is 5.92 Å². The average Bonchev–Trinajstić information content (AvgIpc) is 2.61. The van der Waals surface area contributed by atoms with E-state index in [1.54, 1.807) is 0 Å². The first-order chi connectivity index (χ1) is 11.3. The third-order valence-electron chi connectivity index (χ3n) is 4.27. The minimum Gasteiger partial charge on any atom is -0.381 e. The zero-order valence-electron chi connectivity index (χ0n) is 14.5. The SMILES string of the molecule is CCNC(=NCCc1ccccn1)N(C)CCC1CCOCC1. The van der Waals surface area contributed by atoms with Crippen molar-refractivity contribution in [2.45, 2.75) is 32.6 Å². The van der Waals surface area contributed by atoms with Gasteiger partial charge in [-0.1, -0.05) is 6.07 Å². The molecule has 1 aromatic rings. The number of nitrogens with zero attached hydrogens (tertiary/aromatic N) is 3. The molecule has 0 saturated carbocycles. The average molecular weight is 318 g/mol. The van der Waals surface area contributed by atoms with Crippen LogP contribution < -0.4 is 5.32 Å². The van der Waals surface area contributed by atoms with Gasteiger partial charge in [-0.05, 0) is 44.2 Å². The van der Waals surface area contributed by atoms with E-state index in [2.05, 4.69) is 35.2 Å². The number of aromatic nitrogens is 1. The Kier molecular flexibility index (Phi) is 7.87. The molecule has 0 atom stereocenters. The van der Waals surface area contributed by atoms with Crippen molar-refractivity contribution in [3.05, 3.63) is 30.1 Å². The van der Waals surface area contributed by atoms with Gasteiger partial charge in [0.15, 0.2) is 5.96 Å². The lowest BCUT2D eigenvalue weighted by Crippen LogP contribution is -2.40. The van der Waals surface area contributed by atoms with Crippen molar-refractivity contribution in [1.82, 2.24) is 15.2 Å².